The van der Waals surface area contributed by atoms with E-state index < -0.39 is 16.0 Å². The molecule has 0 fully saturated rings. The van der Waals surface area contributed by atoms with Crippen LogP contribution in [0.3, 0.4) is 0 Å². The first-order chi connectivity index (χ1) is 10.9. The van der Waals surface area contributed by atoms with Crippen LogP contribution in [0.2, 0.25) is 0 Å². The van der Waals surface area contributed by atoms with Crippen LogP contribution in [0.4, 0.5) is 0 Å². The lowest BCUT2D eigenvalue weighted by molar-refractivity contribution is 0.0437. The van der Waals surface area contributed by atoms with Crippen LogP contribution in [0.5, 0.6) is 5.75 Å². The summed E-state index contributed by atoms with van der Waals surface area (Å²) < 4.78 is 40.3. The number of hydrogen-bond donors (Lipinski definition) is 0. The zero-order chi connectivity index (χ0) is 17.0. The quantitative estimate of drug-likeness (QED) is 0.747. The summed E-state index contributed by atoms with van der Waals surface area (Å²) in [5, 5.41) is -0.203. The van der Waals surface area contributed by atoms with Crippen LogP contribution >= 0.6 is 0 Å². The van der Waals surface area contributed by atoms with E-state index >= 15 is 0 Å². The van der Waals surface area contributed by atoms with Gasteiger partial charge in [0.25, 0.3) is 10.0 Å². The highest BCUT2D eigenvalue weighted by atomic mass is 32.2. The topological polar surface area (TPSA) is 86.0 Å². The Morgan fingerprint density at radius 2 is 1.87 bits per heavy atom. The lowest BCUT2D eigenvalue weighted by atomic mass is 10.2. The molecule has 0 spiro atoms. The Labute approximate surface area is 134 Å². The smallest absolute Gasteiger partial charge is 0.342 e. The number of nitrogens with zero attached hydrogens (tertiary/aromatic N) is 1. The second kappa shape index (κ2) is 6.84. The zero-order valence-electron chi connectivity index (χ0n) is 13.0. The molecule has 0 aliphatic rings. The fourth-order valence-corrected chi connectivity index (χ4v) is 2.59. The number of carbonyl (C=O) groups is 1. The minimum absolute atomic E-state index is 0.181. The molecule has 1 aromatic heterocycles. The number of carbonyl (C=O) groups excluding carboxylic acids is 1. The summed E-state index contributed by atoms with van der Waals surface area (Å²) in [6.07, 6.45) is 0. The summed E-state index contributed by atoms with van der Waals surface area (Å²) in [6, 6.07) is 9.41. The normalized spacial score (nSPS) is 11.5. The molecule has 0 unspecified atom stereocenters. The molecule has 0 saturated carbocycles. The maximum absolute atomic E-state index is 12.0. The van der Waals surface area contributed by atoms with E-state index in [4.69, 9.17) is 13.9 Å². The Hall–Kier alpha value is -2.32. The van der Waals surface area contributed by atoms with Gasteiger partial charge < -0.3 is 13.9 Å². The van der Waals surface area contributed by atoms with Crippen molar-refractivity contribution in [3.8, 4) is 5.75 Å². The molecule has 1 heterocycles. The molecule has 1 aromatic carbocycles. The second-order valence-electron chi connectivity index (χ2n) is 4.78. The van der Waals surface area contributed by atoms with Gasteiger partial charge in [0.2, 0.25) is 5.09 Å². The second-order valence-corrected chi connectivity index (χ2v) is 6.87. The van der Waals surface area contributed by atoms with Gasteiger partial charge in [0.1, 0.15) is 23.7 Å². The molecule has 23 heavy (non-hydrogen) atoms. The average molecular weight is 339 g/mol. The van der Waals surface area contributed by atoms with Gasteiger partial charge in [-0.1, -0.05) is 12.1 Å². The third kappa shape index (κ3) is 3.72. The summed E-state index contributed by atoms with van der Waals surface area (Å²) in [4.78, 5) is 12.0. The van der Waals surface area contributed by atoms with Crippen molar-refractivity contribution in [3.05, 3.63) is 47.7 Å². The van der Waals surface area contributed by atoms with Crippen molar-refractivity contribution in [2.45, 2.75) is 11.7 Å². The molecule has 0 bridgehead atoms. The van der Waals surface area contributed by atoms with Gasteiger partial charge >= 0.3 is 5.97 Å². The summed E-state index contributed by atoms with van der Waals surface area (Å²) in [6.45, 7) is -0.181. The lowest BCUT2D eigenvalue weighted by Crippen LogP contribution is -2.21. The molecule has 7 nitrogen and oxygen atoms in total. The van der Waals surface area contributed by atoms with Gasteiger partial charge in [-0.05, 0) is 24.3 Å². The molecule has 2 aromatic rings. The summed E-state index contributed by atoms with van der Waals surface area (Å²) >= 11 is 0. The zero-order valence-corrected chi connectivity index (χ0v) is 13.8. The number of furan rings is 1. The van der Waals surface area contributed by atoms with Crippen LogP contribution in [-0.2, 0) is 21.4 Å². The third-order valence-corrected chi connectivity index (χ3v) is 4.73. The van der Waals surface area contributed by atoms with Crippen LogP contribution in [0.25, 0.3) is 0 Å². The number of esters is 1. The van der Waals surface area contributed by atoms with E-state index in [0.717, 1.165) is 4.31 Å². The Bertz CT molecular complexity index is 794. The lowest BCUT2D eigenvalue weighted by Gasteiger charge is -2.08. The number of benzene rings is 1. The van der Waals surface area contributed by atoms with Crippen LogP contribution < -0.4 is 4.74 Å². The molecule has 0 saturated heterocycles. The highest BCUT2D eigenvalue weighted by Crippen LogP contribution is 2.20. The standard InChI is InChI=1S/C15H17NO6S/c1-16(2)23(18,19)14-9-8-11(22-14)10-21-15(17)12-6-4-5-7-13(12)20-3/h4-9H,10H2,1-3H3. The van der Waals surface area contributed by atoms with Crippen LogP contribution in [-0.4, -0.2) is 39.9 Å². The van der Waals surface area contributed by atoms with Crippen molar-refractivity contribution in [1.82, 2.24) is 4.31 Å². The molecule has 0 atom stereocenters. The molecule has 0 radical (unpaired) electrons. The van der Waals surface area contributed by atoms with Gasteiger partial charge in [0, 0.05) is 14.1 Å². The number of rotatable bonds is 6. The number of ether oxygens (including phenoxy) is 2. The minimum atomic E-state index is -3.65. The molecule has 124 valence electrons. The van der Waals surface area contributed by atoms with E-state index in [-0.39, 0.29) is 23.0 Å². The van der Waals surface area contributed by atoms with E-state index in [1.807, 2.05) is 0 Å². The molecule has 0 N–H and O–H groups in total. The van der Waals surface area contributed by atoms with E-state index in [2.05, 4.69) is 0 Å². The van der Waals surface area contributed by atoms with E-state index in [0.29, 0.717) is 5.75 Å². The monoisotopic (exact) mass is 339 g/mol. The Morgan fingerprint density at radius 3 is 2.52 bits per heavy atom. The first-order valence-electron chi connectivity index (χ1n) is 6.67. The summed E-state index contributed by atoms with van der Waals surface area (Å²) in [5.74, 6) is 0.0392. The average Bonchev–Trinajstić information content (AvgIpc) is 3.02. The van der Waals surface area contributed by atoms with Crippen molar-refractivity contribution in [1.29, 1.82) is 0 Å². The van der Waals surface area contributed by atoms with Crippen LogP contribution in [0.1, 0.15) is 16.1 Å². The number of sulfonamides is 1. The van der Waals surface area contributed by atoms with Crippen molar-refractivity contribution < 1.29 is 27.1 Å². The maximum atomic E-state index is 12.0. The number of para-hydroxylation sites is 1. The van der Waals surface area contributed by atoms with Gasteiger partial charge in [0.05, 0.1) is 7.11 Å². The third-order valence-electron chi connectivity index (χ3n) is 3.04. The van der Waals surface area contributed by atoms with Crippen LogP contribution in [0.15, 0.2) is 45.9 Å². The largest absolute Gasteiger partial charge is 0.496 e. The fraction of sp³-hybridized carbons (Fsp3) is 0.267. The van der Waals surface area contributed by atoms with E-state index in [1.54, 1.807) is 24.3 Å². The van der Waals surface area contributed by atoms with Gasteiger partial charge in [-0.25, -0.2) is 17.5 Å². The predicted molar refractivity (Wildman–Crippen MR) is 81.7 cm³/mol. The molecule has 0 amide bonds. The Balaban J connectivity index is 2.07. The van der Waals surface area contributed by atoms with E-state index in [1.165, 1.54) is 33.3 Å². The molecular formula is C15H17NO6S. The van der Waals surface area contributed by atoms with Gasteiger partial charge in [-0.3, -0.25) is 0 Å². The van der Waals surface area contributed by atoms with E-state index in [9.17, 15) is 13.2 Å². The molecule has 2 rings (SSSR count). The number of hydrogen-bond acceptors (Lipinski definition) is 6. The van der Waals surface area contributed by atoms with Crippen molar-refractivity contribution in [2.75, 3.05) is 21.2 Å². The number of methoxy groups -OCH3 is 1. The minimum Gasteiger partial charge on any atom is -0.496 e. The van der Waals surface area contributed by atoms with Gasteiger partial charge in [-0.15, -0.1) is 0 Å². The fourth-order valence-electron chi connectivity index (χ4n) is 1.78. The van der Waals surface area contributed by atoms with Crippen LogP contribution in [0, 0.1) is 0 Å². The van der Waals surface area contributed by atoms with Gasteiger partial charge in [0.15, 0.2) is 0 Å². The Morgan fingerprint density at radius 1 is 1.17 bits per heavy atom. The van der Waals surface area contributed by atoms with Gasteiger partial charge in [-0.2, -0.15) is 0 Å². The molecule has 8 heteroatoms. The highest BCUT2D eigenvalue weighted by Gasteiger charge is 2.22. The SMILES string of the molecule is COc1ccccc1C(=O)OCc1ccc(S(=O)(=O)N(C)C)o1. The molecule has 0 aliphatic heterocycles. The first-order valence-corrected chi connectivity index (χ1v) is 8.11. The van der Waals surface area contributed by atoms with Crippen molar-refractivity contribution in [2.24, 2.45) is 0 Å². The summed E-state index contributed by atoms with van der Waals surface area (Å²) in [7, 11) is 0.608. The van der Waals surface area contributed by atoms with Crippen molar-refractivity contribution >= 4 is 16.0 Å². The maximum Gasteiger partial charge on any atom is 0.342 e. The van der Waals surface area contributed by atoms with Crippen molar-refractivity contribution in [3.63, 3.8) is 0 Å². The first kappa shape index (κ1) is 17.0. The molecule has 0 aliphatic carbocycles. The summed E-state index contributed by atoms with van der Waals surface area (Å²) in [5.41, 5.74) is 0.280. The highest BCUT2D eigenvalue weighted by molar-refractivity contribution is 7.88. The Kier molecular flexibility index (Phi) is 5.07. The predicted octanol–water partition coefficient (Wildman–Crippen LogP) is 1.90. The molecular weight excluding hydrogens is 322 g/mol.